The van der Waals surface area contributed by atoms with Crippen LogP contribution in [0.1, 0.15) is 25.3 Å². The lowest BCUT2D eigenvalue weighted by atomic mass is 10.1. The van der Waals surface area contributed by atoms with Gasteiger partial charge in [0, 0.05) is 30.4 Å². The number of nitrogen functional groups attached to an aromatic ring is 1. The van der Waals surface area contributed by atoms with Crippen LogP contribution in [-0.4, -0.2) is 34.7 Å². The molecule has 0 spiro atoms. The monoisotopic (exact) mass is 273 g/mol. The van der Waals surface area contributed by atoms with Crippen LogP contribution < -0.4 is 5.73 Å². The summed E-state index contributed by atoms with van der Waals surface area (Å²) in [6.07, 6.45) is 4.09. The number of benzene rings is 1. The summed E-state index contributed by atoms with van der Waals surface area (Å²) in [6.45, 7) is 4.85. The van der Waals surface area contributed by atoms with Crippen molar-refractivity contribution in [3.63, 3.8) is 0 Å². The lowest BCUT2D eigenvalue weighted by molar-refractivity contribution is 0.188. The first-order valence-electron chi connectivity index (χ1n) is 7.21. The van der Waals surface area contributed by atoms with Crippen molar-refractivity contribution in [2.75, 3.05) is 25.4 Å². The molecule has 0 saturated heterocycles. The van der Waals surface area contributed by atoms with Gasteiger partial charge in [-0.1, -0.05) is 19.4 Å². The lowest BCUT2D eigenvalue weighted by Gasteiger charge is -2.22. The van der Waals surface area contributed by atoms with E-state index in [-0.39, 0.29) is 6.61 Å². The molecule has 0 radical (unpaired) electrons. The second-order valence-electron chi connectivity index (χ2n) is 5.07. The van der Waals surface area contributed by atoms with E-state index in [9.17, 15) is 5.11 Å². The highest BCUT2D eigenvalue weighted by atomic mass is 16.3. The Bertz CT molecular complexity index is 556. The highest BCUT2D eigenvalue weighted by Crippen LogP contribution is 2.23. The summed E-state index contributed by atoms with van der Waals surface area (Å²) in [4.78, 5) is 6.73. The molecule has 2 aromatic rings. The van der Waals surface area contributed by atoms with Gasteiger partial charge in [-0.3, -0.25) is 9.88 Å². The highest BCUT2D eigenvalue weighted by molar-refractivity contribution is 5.92. The van der Waals surface area contributed by atoms with Gasteiger partial charge < -0.3 is 10.8 Å². The second-order valence-corrected chi connectivity index (χ2v) is 5.07. The molecule has 0 atom stereocenters. The van der Waals surface area contributed by atoms with Crippen LogP contribution in [0.2, 0.25) is 0 Å². The second kappa shape index (κ2) is 7.22. The Hall–Kier alpha value is -1.65. The molecule has 0 saturated carbocycles. The molecular formula is C16H23N3O. The molecular weight excluding hydrogens is 250 g/mol. The number of aromatic nitrogens is 1. The number of hydrogen-bond donors (Lipinski definition) is 2. The Morgan fingerprint density at radius 3 is 2.85 bits per heavy atom. The summed E-state index contributed by atoms with van der Waals surface area (Å²) in [5, 5.41) is 10.2. The summed E-state index contributed by atoms with van der Waals surface area (Å²) in [6, 6.07) is 7.89. The number of aliphatic hydroxyl groups is 1. The molecule has 2 rings (SSSR count). The van der Waals surface area contributed by atoms with Crippen molar-refractivity contribution in [1.29, 1.82) is 0 Å². The first kappa shape index (κ1) is 14.8. The van der Waals surface area contributed by atoms with E-state index in [1.807, 2.05) is 24.3 Å². The maximum atomic E-state index is 9.19. The van der Waals surface area contributed by atoms with E-state index in [1.165, 1.54) is 5.56 Å². The van der Waals surface area contributed by atoms with Crippen molar-refractivity contribution < 1.29 is 5.11 Å². The topological polar surface area (TPSA) is 62.4 Å². The molecule has 4 nitrogen and oxygen atoms in total. The maximum absolute atomic E-state index is 9.19. The molecule has 0 aliphatic carbocycles. The number of rotatable bonds is 7. The summed E-state index contributed by atoms with van der Waals surface area (Å²) in [5.74, 6) is 0. The van der Waals surface area contributed by atoms with Gasteiger partial charge in [-0.15, -0.1) is 0 Å². The fourth-order valence-corrected chi connectivity index (χ4v) is 2.41. The van der Waals surface area contributed by atoms with Crippen molar-refractivity contribution in [2.45, 2.75) is 26.3 Å². The number of hydrogen-bond acceptors (Lipinski definition) is 4. The summed E-state index contributed by atoms with van der Waals surface area (Å²) in [5.41, 5.74) is 8.90. The smallest absolute Gasteiger partial charge is 0.0767 e. The van der Waals surface area contributed by atoms with Crippen LogP contribution in [0.4, 0.5) is 5.69 Å². The number of anilines is 1. The minimum Gasteiger partial charge on any atom is -0.398 e. The van der Waals surface area contributed by atoms with Gasteiger partial charge in [-0.2, -0.15) is 0 Å². The number of pyridine rings is 1. The van der Waals surface area contributed by atoms with Crippen LogP contribution in [0.15, 0.2) is 30.5 Å². The van der Waals surface area contributed by atoms with Crippen LogP contribution >= 0.6 is 0 Å². The largest absolute Gasteiger partial charge is 0.398 e. The van der Waals surface area contributed by atoms with Crippen LogP contribution in [0.3, 0.4) is 0 Å². The standard InChI is InChI=1S/C16H23N3O/c1-2-3-9-19(10-11-20)12-13-6-7-15(17)14-5-4-8-18-16(13)14/h4-8,20H,2-3,9-12,17H2,1H3. The zero-order chi connectivity index (χ0) is 14.4. The van der Waals surface area contributed by atoms with Crippen LogP contribution in [0.25, 0.3) is 10.9 Å². The van der Waals surface area contributed by atoms with Crippen LogP contribution in [0, 0.1) is 0 Å². The lowest BCUT2D eigenvalue weighted by Crippen LogP contribution is -2.27. The SMILES string of the molecule is CCCCN(CCO)Cc1ccc(N)c2cccnc12. The van der Waals surface area contributed by atoms with Gasteiger partial charge >= 0.3 is 0 Å². The molecule has 0 aliphatic heterocycles. The van der Waals surface area contributed by atoms with E-state index in [4.69, 9.17) is 5.73 Å². The van der Waals surface area contributed by atoms with Gasteiger partial charge in [0.2, 0.25) is 0 Å². The molecule has 0 unspecified atom stereocenters. The average molecular weight is 273 g/mol. The van der Waals surface area contributed by atoms with Gasteiger partial charge in [0.15, 0.2) is 0 Å². The van der Waals surface area contributed by atoms with E-state index < -0.39 is 0 Å². The summed E-state index contributed by atoms with van der Waals surface area (Å²) >= 11 is 0. The zero-order valence-corrected chi connectivity index (χ0v) is 12.0. The van der Waals surface area contributed by atoms with E-state index in [2.05, 4.69) is 16.8 Å². The minimum absolute atomic E-state index is 0.185. The third-order valence-electron chi connectivity index (χ3n) is 3.53. The van der Waals surface area contributed by atoms with E-state index in [1.54, 1.807) is 6.20 Å². The maximum Gasteiger partial charge on any atom is 0.0767 e. The third-order valence-corrected chi connectivity index (χ3v) is 3.53. The quantitative estimate of drug-likeness (QED) is 0.760. The Morgan fingerprint density at radius 1 is 1.25 bits per heavy atom. The van der Waals surface area contributed by atoms with Crippen molar-refractivity contribution in [3.05, 3.63) is 36.0 Å². The summed E-state index contributed by atoms with van der Waals surface area (Å²) < 4.78 is 0. The van der Waals surface area contributed by atoms with Gasteiger partial charge in [0.05, 0.1) is 12.1 Å². The Morgan fingerprint density at radius 2 is 2.10 bits per heavy atom. The number of fused-ring (bicyclic) bond motifs is 1. The van der Waals surface area contributed by atoms with Gasteiger partial charge in [-0.25, -0.2) is 0 Å². The zero-order valence-electron chi connectivity index (χ0n) is 12.0. The first-order valence-corrected chi connectivity index (χ1v) is 7.21. The van der Waals surface area contributed by atoms with Crippen molar-refractivity contribution in [2.24, 2.45) is 0 Å². The molecule has 3 N–H and O–H groups in total. The molecule has 20 heavy (non-hydrogen) atoms. The minimum atomic E-state index is 0.185. The number of unbranched alkanes of at least 4 members (excludes halogenated alkanes) is 1. The Kier molecular flexibility index (Phi) is 5.32. The predicted octanol–water partition coefficient (Wildman–Crippen LogP) is 2.41. The molecule has 0 amide bonds. The molecule has 1 aromatic heterocycles. The molecule has 4 heteroatoms. The van der Waals surface area contributed by atoms with E-state index in [0.29, 0.717) is 6.54 Å². The van der Waals surface area contributed by atoms with E-state index in [0.717, 1.165) is 42.5 Å². The summed E-state index contributed by atoms with van der Waals surface area (Å²) in [7, 11) is 0. The first-order chi connectivity index (χ1) is 9.76. The van der Waals surface area contributed by atoms with Gasteiger partial charge in [0.1, 0.15) is 0 Å². The number of nitrogens with two attached hydrogens (primary N) is 1. The fourth-order valence-electron chi connectivity index (χ4n) is 2.41. The van der Waals surface area contributed by atoms with Gasteiger partial charge in [0.25, 0.3) is 0 Å². The average Bonchev–Trinajstić information content (AvgIpc) is 2.48. The van der Waals surface area contributed by atoms with Crippen molar-refractivity contribution >= 4 is 16.6 Å². The molecule has 1 heterocycles. The molecule has 0 aliphatic rings. The Labute approximate surface area is 120 Å². The molecule has 0 bridgehead atoms. The number of nitrogens with zero attached hydrogens (tertiary/aromatic N) is 2. The van der Waals surface area contributed by atoms with Crippen molar-refractivity contribution in [3.8, 4) is 0 Å². The molecule has 108 valence electrons. The van der Waals surface area contributed by atoms with Crippen LogP contribution in [0.5, 0.6) is 0 Å². The van der Waals surface area contributed by atoms with Gasteiger partial charge in [-0.05, 0) is 36.7 Å². The highest BCUT2D eigenvalue weighted by Gasteiger charge is 2.10. The van der Waals surface area contributed by atoms with E-state index >= 15 is 0 Å². The van der Waals surface area contributed by atoms with Crippen molar-refractivity contribution in [1.82, 2.24) is 9.88 Å². The molecule has 0 fully saturated rings. The number of aliphatic hydroxyl groups excluding tert-OH is 1. The normalized spacial score (nSPS) is 11.3. The third kappa shape index (κ3) is 3.46. The predicted molar refractivity (Wildman–Crippen MR) is 83.4 cm³/mol. The fraction of sp³-hybridized carbons (Fsp3) is 0.438. The van der Waals surface area contributed by atoms with Crippen LogP contribution in [-0.2, 0) is 6.54 Å². The Balaban J connectivity index is 2.25. The molecule has 1 aromatic carbocycles.